The Labute approximate surface area is 94.8 Å². The molecule has 0 aromatic rings. The van der Waals surface area contributed by atoms with Crippen LogP contribution >= 0.6 is 11.8 Å². The summed E-state index contributed by atoms with van der Waals surface area (Å²) >= 11 is 1.51. The summed E-state index contributed by atoms with van der Waals surface area (Å²) in [7, 11) is 0. The molecule has 4 nitrogen and oxygen atoms in total. The smallest absolute Gasteiger partial charge is 0.326 e. The number of aliphatic carboxylic acids is 1. The van der Waals surface area contributed by atoms with Gasteiger partial charge in [0.05, 0.1) is 5.75 Å². The number of hydrogen-bond acceptors (Lipinski definition) is 3. The van der Waals surface area contributed by atoms with E-state index < -0.39 is 12.0 Å². The van der Waals surface area contributed by atoms with E-state index in [1.807, 2.05) is 20.8 Å². The largest absolute Gasteiger partial charge is 0.480 e. The number of carbonyl (C=O) groups excluding carboxylic acids is 1. The topological polar surface area (TPSA) is 66.4 Å². The molecule has 1 amide bonds. The van der Waals surface area contributed by atoms with Crippen molar-refractivity contribution in [3.63, 3.8) is 0 Å². The molecule has 1 unspecified atom stereocenters. The molecule has 0 radical (unpaired) electrons. The number of carboxylic acid groups (broad SMARTS) is 1. The molecule has 0 aliphatic heterocycles. The Morgan fingerprint density at radius 3 is 2.40 bits per heavy atom. The molecule has 0 bridgehead atoms. The van der Waals surface area contributed by atoms with Crippen molar-refractivity contribution in [1.82, 2.24) is 5.32 Å². The highest BCUT2D eigenvalue weighted by Crippen LogP contribution is 2.08. The first-order valence-electron chi connectivity index (χ1n) is 5.11. The summed E-state index contributed by atoms with van der Waals surface area (Å²) in [6.07, 6.45) is 1.22. The Hall–Kier alpha value is -0.710. The Balaban J connectivity index is 3.94. The molecule has 88 valence electrons. The second-order valence-electron chi connectivity index (χ2n) is 3.61. The van der Waals surface area contributed by atoms with Crippen LogP contribution < -0.4 is 5.32 Å². The Morgan fingerprint density at radius 1 is 1.40 bits per heavy atom. The summed E-state index contributed by atoms with van der Waals surface area (Å²) < 4.78 is 0. The molecule has 1 atom stereocenters. The van der Waals surface area contributed by atoms with Gasteiger partial charge in [0.15, 0.2) is 0 Å². The number of rotatable bonds is 7. The van der Waals surface area contributed by atoms with Gasteiger partial charge in [0.2, 0.25) is 5.91 Å². The van der Waals surface area contributed by atoms with Crippen LogP contribution in [0.1, 0.15) is 33.6 Å². The van der Waals surface area contributed by atoms with Gasteiger partial charge in [-0.2, -0.15) is 0 Å². The highest BCUT2D eigenvalue weighted by Gasteiger charge is 2.18. The highest BCUT2D eigenvalue weighted by molar-refractivity contribution is 8.00. The van der Waals surface area contributed by atoms with Crippen molar-refractivity contribution in [2.75, 3.05) is 5.75 Å². The standard InChI is InChI=1S/C10H19NO3S/c1-4-5-8(10(13)14)11-9(12)6-15-7(2)3/h7-8H,4-6H2,1-3H3,(H,11,12)(H,13,14). The maximum atomic E-state index is 11.3. The summed E-state index contributed by atoms with van der Waals surface area (Å²) in [5.41, 5.74) is 0. The lowest BCUT2D eigenvalue weighted by molar-refractivity contribution is -0.141. The normalized spacial score (nSPS) is 12.5. The van der Waals surface area contributed by atoms with E-state index in [9.17, 15) is 9.59 Å². The van der Waals surface area contributed by atoms with Gasteiger partial charge in [0.25, 0.3) is 0 Å². The van der Waals surface area contributed by atoms with Crippen molar-refractivity contribution < 1.29 is 14.7 Å². The Kier molecular flexibility index (Phi) is 7.21. The maximum absolute atomic E-state index is 11.3. The van der Waals surface area contributed by atoms with E-state index in [0.29, 0.717) is 17.4 Å². The molecular weight excluding hydrogens is 214 g/mol. The molecule has 0 aromatic heterocycles. The van der Waals surface area contributed by atoms with Crippen molar-refractivity contribution in [3.8, 4) is 0 Å². The third-order valence-electron chi connectivity index (χ3n) is 1.76. The van der Waals surface area contributed by atoms with Crippen molar-refractivity contribution >= 4 is 23.6 Å². The molecule has 2 N–H and O–H groups in total. The molecular formula is C10H19NO3S. The predicted octanol–water partition coefficient (Wildman–Crippen LogP) is 1.50. The molecule has 0 aliphatic carbocycles. The van der Waals surface area contributed by atoms with E-state index in [0.717, 1.165) is 6.42 Å². The van der Waals surface area contributed by atoms with Crippen molar-refractivity contribution in [2.45, 2.75) is 44.9 Å². The minimum absolute atomic E-state index is 0.199. The van der Waals surface area contributed by atoms with Crippen LogP contribution in [0.4, 0.5) is 0 Å². The summed E-state index contributed by atoms with van der Waals surface area (Å²) in [6, 6.07) is -0.740. The molecule has 0 heterocycles. The molecule has 15 heavy (non-hydrogen) atoms. The lowest BCUT2D eigenvalue weighted by Gasteiger charge is -2.13. The van der Waals surface area contributed by atoms with Gasteiger partial charge in [-0.25, -0.2) is 4.79 Å². The number of nitrogens with one attached hydrogen (secondary N) is 1. The fraction of sp³-hybridized carbons (Fsp3) is 0.800. The molecule has 0 fully saturated rings. The zero-order valence-corrected chi connectivity index (χ0v) is 10.3. The molecule has 0 aliphatic rings. The monoisotopic (exact) mass is 233 g/mol. The van der Waals surface area contributed by atoms with E-state index in [4.69, 9.17) is 5.11 Å². The summed E-state index contributed by atoms with van der Waals surface area (Å²) in [6.45, 7) is 5.89. The SMILES string of the molecule is CCCC(NC(=O)CSC(C)C)C(=O)O. The van der Waals surface area contributed by atoms with Crippen molar-refractivity contribution in [3.05, 3.63) is 0 Å². The van der Waals surface area contributed by atoms with Crippen LogP contribution in [-0.2, 0) is 9.59 Å². The average molecular weight is 233 g/mol. The van der Waals surface area contributed by atoms with E-state index in [2.05, 4.69) is 5.32 Å². The minimum Gasteiger partial charge on any atom is -0.480 e. The van der Waals surface area contributed by atoms with Gasteiger partial charge in [-0.3, -0.25) is 4.79 Å². The van der Waals surface area contributed by atoms with Crippen LogP contribution in [0.2, 0.25) is 0 Å². The quantitative estimate of drug-likeness (QED) is 0.699. The van der Waals surface area contributed by atoms with Gasteiger partial charge in [0, 0.05) is 0 Å². The molecule has 5 heteroatoms. The average Bonchev–Trinajstić information content (AvgIpc) is 2.14. The van der Waals surface area contributed by atoms with Crippen LogP contribution in [0.3, 0.4) is 0 Å². The molecule has 0 rings (SSSR count). The first kappa shape index (κ1) is 14.3. The molecule has 0 aromatic carbocycles. The molecule has 0 saturated carbocycles. The van der Waals surface area contributed by atoms with Crippen LogP contribution in [0, 0.1) is 0 Å². The number of hydrogen-bond donors (Lipinski definition) is 2. The van der Waals surface area contributed by atoms with E-state index in [1.165, 1.54) is 11.8 Å². The molecule has 0 spiro atoms. The van der Waals surface area contributed by atoms with E-state index >= 15 is 0 Å². The van der Waals surface area contributed by atoms with Crippen molar-refractivity contribution in [2.24, 2.45) is 0 Å². The second-order valence-corrected chi connectivity index (χ2v) is 5.17. The van der Waals surface area contributed by atoms with E-state index in [1.54, 1.807) is 0 Å². The van der Waals surface area contributed by atoms with Crippen molar-refractivity contribution in [1.29, 1.82) is 0 Å². The first-order chi connectivity index (χ1) is 6.97. The van der Waals surface area contributed by atoms with Gasteiger partial charge in [-0.1, -0.05) is 27.2 Å². The fourth-order valence-corrected chi connectivity index (χ4v) is 1.59. The summed E-state index contributed by atoms with van der Waals surface area (Å²) in [5.74, 6) is -0.833. The van der Waals surface area contributed by atoms with Gasteiger partial charge in [-0.05, 0) is 11.7 Å². The van der Waals surface area contributed by atoms with Crippen LogP contribution in [0.15, 0.2) is 0 Å². The van der Waals surface area contributed by atoms with E-state index in [-0.39, 0.29) is 5.91 Å². The number of thioether (sulfide) groups is 1. The van der Waals surface area contributed by atoms with Crippen LogP contribution in [0.5, 0.6) is 0 Å². The number of amides is 1. The highest BCUT2D eigenvalue weighted by atomic mass is 32.2. The summed E-state index contributed by atoms with van der Waals surface area (Å²) in [5, 5.41) is 11.7. The van der Waals surface area contributed by atoms with Gasteiger partial charge in [-0.15, -0.1) is 11.8 Å². The van der Waals surface area contributed by atoms with Crippen LogP contribution in [0.25, 0.3) is 0 Å². The summed E-state index contributed by atoms with van der Waals surface area (Å²) in [4.78, 5) is 22.1. The lowest BCUT2D eigenvalue weighted by atomic mass is 10.2. The third kappa shape index (κ3) is 7.25. The zero-order valence-electron chi connectivity index (χ0n) is 9.45. The number of carbonyl (C=O) groups is 2. The first-order valence-corrected chi connectivity index (χ1v) is 6.16. The second kappa shape index (κ2) is 7.56. The molecule has 0 saturated heterocycles. The van der Waals surface area contributed by atoms with Gasteiger partial charge < -0.3 is 10.4 Å². The Bertz CT molecular complexity index is 219. The Morgan fingerprint density at radius 2 is 2.00 bits per heavy atom. The minimum atomic E-state index is -0.959. The fourth-order valence-electron chi connectivity index (χ4n) is 1.02. The maximum Gasteiger partial charge on any atom is 0.326 e. The van der Waals surface area contributed by atoms with Crippen LogP contribution in [-0.4, -0.2) is 34.0 Å². The zero-order chi connectivity index (χ0) is 11.8. The predicted molar refractivity (Wildman–Crippen MR) is 62.1 cm³/mol. The lowest BCUT2D eigenvalue weighted by Crippen LogP contribution is -2.41. The number of carboxylic acids is 1. The van der Waals surface area contributed by atoms with Gasteiger partial charge in [0.1, 0.15) is 6.04 Å². The third-order valence-corrected chi connectivity index (χ3v) is 2.85. The van der Waals surface area contributed by atoms with Gasteiger partial charge >= 0.3 is 5.97 Å².